The summed E-state index contributed by atoms with van der Waals surface area (Å²) in [5, 5.41) is 0. The summed E-state index contributed by atoms with van der Waals surface area (Å²) >= 11 is 0. The molecule has 2 amide bonds. The van der Waals surface area contributed by atoms with Crippen LogP contribution in [0.1, 0.15) is 38.2 Å². The first-order valence-corrected chi connectivity index (χ1v) is 8.19. The average molecular weight is 300 g/mol. The van der Waals surface area contributed by atoms with Crippen molar-refractivity contribution in [1.29, 1.82) is 0 Å². The van der Waals surface area contributed by atoms with Crippen LogP contribution in [0.15, 0.2) is 30.3 Å². The number of benzene rings is 1. The van der Waals surface area contributed by atoms with Gasteiger partial charge in [-0.3, -0.25) is 9.59 Å². The van der Waals surface area contributed by atoms with Crippen LogP contribution >= 0.6 is 0 Å². The summed E-state index contributed by atoms with van der Waals surface area (Å²) in [6.07, 6.45) is 3.59. The second-order valence-electron chi connectivity index (χ2n) is 6.76. The second kappa shape index (κ2) is 5.75. The van der Waals surface area contributed by atoms with E-state index in [0.717, 1.165) is 5.56 Å². The Morgan fingerprint density at radius 3 is 2.27 bits per heavy atom. The van der Waals surface area contributed by atoms with Crippen LogP contribution in [0, 0.1) is 11.8 Å². The lowest BCUT2D eigenvalue weighted by molar-refractivity contribution is -0.139. The Hall–Kier alpha value is -1.84. The lowest BCUT2D eigenvalue weighted by atomic mass is 9.72. The van der Waals surface area contributed by atoms with Crippen molar-refractivity contribution in [1.82, 2.24) is 4.90 Å². The van der Waals surface area contributed by atoms with Crippen LogP contribution in [0.25, 0.3) is 0 Å². The molecule has 0 bridgehead atoms. The zero-order valence-electron chi connectivity index (χ0n) is 13.1. The molecular formula is C18H24N2O2. The first-order chi connectivity index (χ1) is 10.5. The monoisotopic (exact) mass is 300 g/mol. The molecule has 0 aromatic heterocycles. The van der Waals surface area contributed by atoms with Gasteiger partial charge in [-0.2, -0.15) is 0 Å². The largest absolute Gasteiger partial charge is 0.369 e. The van der Waals surface area contributed by atoms with Gasteiger partial charge in [-0.05, 0) is 37.2 Å². The minimum absolute atomic E-state index is 0.123. The standard InChI is InChI=1S/C18H24N2O2/c1-13(14-7-8-14)16(21)20-11-9-18(10-12-20,17(19)22)15-5-3-2-4-6-15/h2-6,13-14H,7-12H2,1H3,(H2,19,22). The van der Waals surface area contributed by atoms with Crippen LogP contribution in [0.3, 0.4) is 0 Å². The van der Waals surface area contributed by atoms with Gasteiger partial charge in [-0.1, -0.05) is 37.3 Å². The highest BCUT2D eigenvalue weighted by atomic mass is 16.2. The summed E-state index contributed by atoms with van der Waals surface area (Å²) < 4.78 is 0. The Morgan fingerprint density at radius 2 is 1.77 bits per heavy atom. The Morgan fingerprint density at radius 1 is 1.18 bits per heavy atom. The molecule has 3 rings (SSSR count). The van der Waals surface area contributed by atoms with Crippen molar-refractivity contribution in [2.24, 2.45) is 17.6 Å². The summed E-state index contributed by atoms with van der Waals surface area (Å²) in [7, 11) is 0. The number of hydrogen-bond acceptors (Lipinski definition) is 2. The van der Waals surface area contributed by atoms with Crippen LogP contribution in [-0.4, -0.2) is 29.8 Å². The Kier molecular flexibility index (Phi) is 3.94. The van der Waals surface area contributed by atoms with E-state index in [1.165, 1.54) is 12.8 Å². The van der Waals surface area contributed by atoms with Gasteiger partial charge in [0.2, 0.25) is 11.8 Å². The zero-order valence-corrected chi connectivity index (χ0v) is 13.1. The Labute approximate surface area is 131 Å². The minimum atomic E-state index is -0.624. The lowest BCUT2D eigenvalue weighted by Crippen LogP contribution is -2.52. The number of piperidine rings is 1. The van der Waals surface area contributed by atoms with Crippen LogP contribution in [0.4, 0.5) is 0 Å². The number of rotatable bonds is 4. The smallest absolute Gasteiger partial charge is 0.228 e. The fourth-order valence-electron chi connectivity index (χ4n) is 3.63. The molecule has 4 heteroatoms. The Balaban J connectivity index is 1.73. The number of hydrogen-bond donors (Lipinski definition) is 1. The molecule has 4 nitrogen and oxygen atoms in total. The van der Waals surface area contributed by atoms with E-state index >= 15 is 0 Å². The summed E-state index contributed by atoms with van der Waals surface area (Å²) in [4.78, 5) is 26.6. The molecule has 2 fully saturated rings. The van der Waals surface area contributed by atoms with E-state index in [1.807, 2.05) is 42.2 Å². The predicted octanol–water partition coefficient (Wildman–Crippen LogP) is 2.08. The average Bonchev–Trinajstić information content (AvgIpc) is 3.39. The molecule has 1 aliphatic carbocycles. The van der Waals surface area contributed by atoms with Gasteiger partial charge < -0.3 is 10.6 Å². The van der Waals surface area contributed by atoms with Crippen molar-refractivity contribution in [3.05, 3.63) is 35.9 Å². The predicted molar refractivity (Wildman–Crippen MR) is 85.0 cm³/mol. The maximum atomic E-state index is 12.5. The van der Waals surface area contributed by atoms with Gasteiger partial charge in [0.05, 0.1) is 5.41 Å². The van der Waals surface area contributed by atoms with E-state index in [9.17, 15) is 9.59 Å². The molecule has 1 aliphatic heterocycles. The van der Waals surface area contributed by atoms with E-state index in [0.29, 0.717) is 31.8 Å². The molecule has 2 aliphatic rings. The van der Waals surface area contributed by atoms with E-state index in [1.54, 1.807) is 0 Å². The van der Waals surface area contributed by atoms with Gasteiger partial charge in [-0.25, -0.2) is 0 Å². The molecular weight excluding hydrogens is 276 g/mol. The molecule has 1 atom stereocenters. The van der Waals surface area contributed by atoms with Crippen molar-refractivity contribution in [3.63, 3.8) is 0 Å². The summed E-state index contributed by atoms with van der Waals surface area (Å²) in [6, 6.07) is 9.75. The number of nitrogens with zero attached hydrogens (tertiary/aromatic N) is 1. The molecule has 1 saturated heterocycles. The topological polar surface area (TPSA) is 63.4 Å². The second-order valence-corrected chi connectivity index (χ2v) is 6.76. The summed E-state index contributed by atoms with van der Waals surface area (Å²) in [6.45, 7) is 3.27. The van der Waals surface area contributed by atoms with Gasteiger partial charge in [0.1, 0.15) is 0 Å². The molecule has 1 saturated carbocycles. The van der Waals surface area contributed by atoms with Crippen LogP contribution < -0.4 is 5.73 Å². The first kappa shape index (κ1) is 15.1. The van der Waals surface area contributed by atoms with Crippen molar-refractivity contribution < 1.29 is 9.59 Å². The van der Waals surface area contributed by atoms with Crippen molar-refractivity contribution in [3.8, 4) is 0 Å². The van der Waals surface area contributed by atoms with Crippen molar-refractivity contribution >= 4 is 11.8 Å². The molecule has 118 valence electrons. The van der Waals surface area contributed by atoms with E-state index in [4.69, 9.17) is 5.73 Å². The highest BCUT2D eigenvalue weighted by molar-refractivity contribution is 5.87. The number of amides is 2. The third kappa shape index (κ3) is 2.62. The molecule has 1 aromatic carbocycles. The molecule has 1 unspecified atom stereocenters. The molecule has 0 spiro atoms. The summed E-state index contributed by atoms with van der Waals surface area (Å²) in [5.74, 6) is 0.664. The molecule has 0 radical (unpaired) electrons. The third-order valence-electron chi connectivity index (χ3n) is 5.45. The number of likely N-dealkylation sites (tertiary alicyclic amines) is 1. The summed E-state index contributed by atoms with van der Waals surface area (Å²) in [5.41, 5.74) is 6.08. The molecule has 22 heavy (non-hydrogen) atoms. The number of nitrogens with two attached hydrogens (primary N) is 1. The van der Waals surface area contributed by atoms with Gasteiger partial charge in [0.25, 0.3) is 0 Å². The van der Waals surface area contributed by atoms with Gasteiger partial charge >= 0.3 is 0 Å². The van der Waals surface area contributed by atoms with Gasteiger partial charge in [0, 0.05) is 19.0 Å². The third-order valence-corrected chi connectivity index (χ3v) is 5.45. The number of primary amides is 1. The Bertz CT molecular complexity index is 558. The fraction of sp³-hybridized carbons (Fsp3) is 0.556. The molecule has 1 heterocycles. The zero-order chi connectivity index (χ0) is 15.7. The maximum Gasteiger partial charge on any atom is 0.228 e. The fourth-order valence-corrected chi connectivity index (χ4v) is 3.63. The van der Waals surface area contributed by atoms with Crippen LogP contribution in [0.2, 0.25) is 0 Å². The normalized spacial score (nSPS) is 22.1. The van der Waals surface area contributed by atoms with Gasteiger partial charge in [-0.15, -0.1) is 0 Å². The lowest BCUT2D eigenvalue weighted by Gasteiger charge is -2.40. The van der Waals surface area contributed by atoms with E-state index in [2.05, 4.69) is 0 Å². The van der Waals surface area contributed by atoms with Gasteiger partial charge in [0.15, 0.2) is 0 Å². The quantitative estimate of drug-likeness (QED) is 0.925. The highest BCUT2D eigenvalue weighted by Crippen LogP contribution is 2.39. The van der Waals surface area contributed by atoms with Crippen LogP contribution in [0.5, 0.6) is 0 Å². The van der Waals surface area contributed by atoms with Crippen molar-refractivity contribution in [2.75, 3.05) is 13.1 Å². The SMILES string of the molecule is CC(C(=O)N1CCC(C(N)=O)(c2ccccc2)CC1)C1CC1. The molecule has 2 N–H and O–H groups in total. The first-order valence-electron chi connectivity index (χ1n) is 8.19. The minimum Gasteiger partial charge on any atom is -0.369 e. The van der Waals surface area contributed by atoms with E-state index in [-0.39, 0.29) is 17.7 Å². The maximum absolute atomic E-state index is 12.5. The number of carbonyl (C=O) groups is 2. The highest BCUT2D eigenvalue weighted by Gasteiger charge is 2.43. The van der Waals surface area contributed by atoms with E-state index < -0.39 is 5.41 Å². The van der Waals surface area contributed by atoms with Crippen LogP contribution in [-0.2, 0) is 15.0 Å². The molecule has 1 aromatic rings. The van der Waals surface area contributed by atoms with Crippen molar-refractivity contribution in [2.45, 2.75) is 38.0 Å². The number of carbonyl (C=O) groups excluding carboxylic acids is 2.